The van der Waals surface area contributed by atoms with E-state index in [9.17, 15) is 9.59 Å². The molecular formula is C25H30N2O4. The van der Waals surface area contributed by atoms with E-state index in [1.807, 2.05) is 53.4 Å². The first-order valence-corrected chi connectivity index (χ1v) is 10.9. The standard InChI is InChI=1S/C25H30N2O4/c1-30-21-10-8-18(16-22(21)31-2)9-11-23(28)27-14-12-25(13-15-27)17-20(25)24(29)26-19-6-4-3-5-7-19/h3-8,10,16,20H,9,11-15,17H2,1-2H3,(H,26,29)/t20-/m0/s1. The number of para-hydroxylation sites is 1. The number of likely N-dealkylation sites (tertiary alicyclic amines) is 1. The van der Waals surface area contributed by atoms with Gasteiger partial charge in [0.05, 0.1) is 14.2 Å². The van der Waals surface area contributed by atoms with Gasteiger partial charge in [-0.15, -0.1) is 0 Å². The lowest BCUT2D eigenvalue weighted by atomic mass is 9.90. The summed E-state index contributed by atoms with van der Waals surface area (Å²) >= 11 is 0. The molecule has 1 aliphatic heterocycles. The molecule has 4 rings (SSSR count). The topological polar surface area (TPSA) is 67.9 Å². The number of nitrogens with one attached hydrogen (secondary N) is 1. The summed E-state index contributed by atoms with van der Waals surface area (Å²) in [7, 11) is 3.22. The predicted octanol–water partition coefficient (Wildman–Crippen LogP) is 3.90. The normalized spacial score (nSPS) is 19.0. The lowest BCUT2D eigenvalue weighted by Gasteiger charge is -2.33. The average Bonchev–Trinajstić information content (AvgIpc) is 3.51. The minimum absolute atomic E-state index is 0.0664. The maximum atomic E-state index is 12.7. The van der Waals surface area contributed by atoms with Crippen molar-refractivity contribution >= 4 is 17.5 Å². The highest BCUT2D eigenvalue weighted by Crippen LogP contribution is 2.59. The van der Waals surface area contributed by atoms with E-state index in [-0.39, 0.29) is 23.1 Å². The molecule has 2 aliphatic rings. The number of nitrogens with zero attached hydrogens (tertiary/aromatic N) is 1. The Bertz CT molecular complexity index is 936. The zero-order chi connectivity index (χ0) is 21.8. The third-order valence-electron chi connectivity index (χ3n) is 6.73. The maximum absolute atomic E-state index is 12.7. The van der Waals surface area contributed by atoms with Crippen molar-refractivity contribution in [1.82, 2.24) is 4.90 Å². The van der Waals surface area contributed by atoms with E-state index >= 15 is 0 Å². The van der Waals surface area contributed by atoms with Gasteiger partial charge < -0.3 is 19.7 Å². The molecule has 2 fully saturated rings. The third kappa shape index (κ3) is 4.68. The van der Waals surface area contributed by atoms with Gasteiger partial charge in [0.25, 0.3) is 0 Å². The van der Waals surface area contributed by atoms with Crippen LogP contribution in [-0.2, 0) is 16.0 Å². The molecule has 164 valence electrons. The van der Waals surface area contributed by atoms with Crippen LogP contribution in [0.1, 0.15) is 31.2 Å². The zero-order valence-corrected chi connectivity index (χ0v) is 18.2. The number of rotatable bonds is 7. The van der Waals surface area contributed by atoms with Gasteiger partial charge in [-0.25, -0.2) is 0 Å². The number of methoxy groups -OCH3 is 2. The molecule has 2 amide bonds. The highest BCUT2D eigenvalue weighted by atomic mass is 16.5. The fraction of sp³-hybridized carbons (Fsp3) is 0.440. The van der Waals surface area contributed by atoms with Crippen molar-refractivity contribution < 1.29 is 19.1 Å². The summed E-state index contributed by atoms with van der Waals surface area (Å²) in [6, 6.07) is 15.4. The SMILES string of the molecule is COc1ccc(CCC(=O)N2CCC3(CC2)C[C@H]3C(=O)Nc2ccccc2)cc1OC. The second kappa shape index (κ2) is 9.00. The minimum atomic E-state index is 0.0664. The largest absolute Gasteiger partial charge is 0.493 e. The first-order valence-electron chi connectivity index (χ1n) is 10.9. The number of amides is 2. The lowest BCUT2D eigenvalue weighted by Crippen LogP contribution is -2.40. The van der Waals surface area contributed by atoms with Crippen LogP contribution in [0, 0.1) is 11.3 Å². The van der Waals surface area contributed by atoms with Crippen LogP contribution in [0.5, 0.6) is 11.5 Å². The lowest BCUT2D eigenvalue weighted by molar-refractivity contribution is -0.132. The Morgan fingerprint density at radius 3 is 2.42 bits per heavy atom. The number of ether oxygens (including phenoxy) is 2. The molecule has 0 unspecified atom stereocenters. The number of piperidine rings is 1. The third-order valence-corrected chi connectivity index (χ3v) is 6.73. The Kier molecular flexibility index (Phi) is 6.16. The number of aryl methyl sites for hydroxylation is 1. The molecule has 2 aromatic rings. The van der Waals surface area contributed by atoms with Crippen molar-refractivity contribution in [3.63, 3.8) is 0 Å². The Morgan fingerprint density at radius 1 is 1.03 bits per heavy atom. The van der Waals surface area contributed by atoms with Crippen LogP contribution in [0.4, 0.5) is 5.69 Å². The van der Waals surface area contributed by atoms with Gasteiger partial charge in [-0.05, 0) is 60.9 Å². The molecule has 1 heterocycles. The van der Waals surface area contributed by atoms with Gasteiger partial charge in [0, 0.05) is 31.1 Å². The van der Waals surface area contributed by atoms with E-state index in [2.05, 4.69) is 5.32 Å². The van der Waals surface area contributed by atoms with E-state index in [1.54, 1.807) is 14.2 Å². The van der Waals surface area contributed by atoms with Gasteiger partial charge >= 0.3 is 0 Å². The van der Waals surface area contributed by atoms with Crippen molar-refractivity contribution in [3.05, 3.63) is 54.1 Å². The summed E-state index contributed by atoms with van der Waals surface area (Å²) in [6.45, 7) is 1.47. The van der Waals surface area contributed by atoms with Crippen LogP contribution in [0.2, 0.25) is 0 Å². The molecule has 6 nitrogen and oxygen atoms in total. The van der Waals surface area contributed by atoms with E-state index in [0.717, 1.165) is 43.6 Å². The molecule has 0 radical (unpaired) electrons. The highest BCUT2D eigenvalue weighted by molar-refractivity contribution is 5.95. The summed E-state index contributed by atoms with van der Waals surface area (Å²) in [6.07, 6.45) is 3.88. The highest BCUT2D eigenvalue weighted by Gasteiger charge is 2.58. The monoisotopic (exact) mass is 422 g/mol. The molecule has 0 aromatic heterocycles. The van der Waals surface area contributed by atoms with Crippen LogP contribution in [0.3, 0.4) is 0 Å². The number of carbonyl (C=O) groups is 2. The van der Waals surface area contributed by atoms with Crippen molar-refractivity contribution in [2.45, 2.75) is 32.1 Å². The van der Waals surface area contributed by atoms with Crippen LogP contribution >= 0.6 is 0 Å². The Morgan fingerprint density at radius 2 is 1.74 bits per heavy atom. The summed E-state index contributed by atoms with van der Waals surface area (Å²) in [5.74, 6) is 1.72. The molecule has 1 N–H and O–H groups in total. The number of anilines is 1. The Balaban J connectivity index is 1.25. The van der Waals surface area contributed by atoms with E-state index in [4.69, 9.17) is 9.47 Å². The second-order valence-corrected chi connectivity index (χ2v) is 8.54. The molecule has 1 atom stereocenters. The van der Waals surface area contributed by atoms with Gasteiger partial charge in [0.2, 0.25) is 11.8 Å². The predicted molar refractivity (Wildman–Crippen MR) is 119 cm³/mol. The van der Waals surface area contributed by atoms with Crippen molar-refractivity contribution in [3.8, 4) is 11.5 Å². The van der Waals surface area contributed by atoms with Crippen LogP contribution in [-0.4, -0.2) is 44.0 Å². The van der Waals surface area contributed by atoms with Gasteiger partial charge in [-0.2, -0.15) is 0 Å². The Labute approximate surface area is 183 Å². The Hall–Kier alpha value is -3.02. The summed E-state index contributed by atoms with van der Waals surface area (Å²) < 4.78 is 10.6. The van der Waals surface area contributed by atoms with E-state index in [0.29, 0.717) is 24.3 Å². The van der Waals surface area contributed by atoms with Crippen LogP contribution in [0.25, 0.3) is 0 Å². The smallest absolute Gasteiger partial charge is 0.228 e. The molecule has 1 spiro atoms. The fourth-order valence-electron chi connectivity index (χ4n) is 4.67. The van der Waals surface area contributed by atoms with Gasteiger partial charge in [-0.1, -0.05) is 24.3 Å². The van der Waals surface area contributed by atoms with Crippen LogP contribution < -0.4 is 14.8 Å². The zero-order valence-electron chi connectivity index (χ0n) is 18.2. The fourth-order valence-corrected chi connectivity index (χ4v) is 4.67. The van der Waals surface area contributed by atoms with Crippen molar-refractivity contribution in [2.24, 2.45) is 11.3 Å². The molecule has 2 aromatic carbocycles. The van der Waals surface area contributed by atoms with Crippen molar-refractivity contribution in [1.29, 1.82) is 0 Å². The minimum Gasteiger partial charge on any atom is -0.493 e. The van der Waals surface area contributed by atoms with E-state index in [1.165, 1.54) is 0 Å². The van der Waals surface area contributed by atoms with Crippen LogP contribution in [0.15, 0.2) is 48.5 Å². The number of carbonyl (C=O) groups excluding carboxylic acids is 2. The van der Waals surface area contributed by atoms with Crippen molar-refractivity contribution in [2.75, 3.05) is 32.6 Å². The second-order valence-electron chi connectivity index (χ2n) is 8.54. The number of hydrogen-bond donors (Lipinski definition) is 1. The molecule has 1 aliphatic carbocycles. The van der Waals surface area contributed by atoms with Gasteiger partial charge in [-0.3, -0.25) is 9.59 Å². The van der Waals surface area contributed by atoms with E-state index < -0.39 is 0 Å². The quantitative estimate of drug-likeness (QED) is 0.735. The van der Waals surface area contributed by atoms with Gasteiger partial charge in [0.15, 0.2) is 11.5 Å². The van der Waals surface area contributed by atoms with Gasteiger partial charge in [0.1, 0.15) is 0 Å². The first kappa shape index (κ1) is 21.2. The first-order chi connectivity index (χ1) is 15.0. The molecular weight excluding hydrogens is 392 g/mol. The summed E-state index contributed by atoms with van der Waals surface area (Å²) in [5.41, 5.74) is 1.98. The molecule has 1 saturated carbocycles. The summed E-state index contributed by atoms with van der Waals surface area (Å²) in [5, 5.41) is 3.03. The molecule has 6 heteroatoms. The number of benzene rings is 2. The number of hydrogen-bond acceptors (Lipinski definition) is 4. The molecule has 31 heavy (non-hydrogen) atoms. The molecule has 1 saturated heterocycles. The maximum Gasteiger partial charge on any atom is 0.228 e. The average molecular weight is 423 g/mol. The summed E-state index contributed by atoms with van der Waals surface area (Å²) in [4.78, 5) is 27.3. The molecule has 0 bridgehead atoms.